The molecule has 0 radical (unpaired) electrons. The van der Waals surface area contributed by atoms with Gasteiger partial charge in [-0.2, -0.15) is 5.10 Å². The first kappa shape index (κ1) is 22.4. The molecule has 3 heterocycles. The number of hydrogen-bond donors (Lipinski definition) is 1. The maximum atomic E-state index is 12.8. The average Bonchev–Trinajstić information content (AvgIpc) is 3.30. The van der Waals surface area contributed by atoms with Crippen LogP contribution in [0.2, 0.25) is 0 Å². The van der Waals surface area contributed by atoms with Gasteiger partial charge in [0.1, 0.15) is 4.88 Å². The number of ether oxygens (including phenoxy) is 1. The van der Waals surface area contributed by atoms with Crippen LogP contribution >= 0.6 is 11.3 Å². The molecule has 1 atom stereocenters. The molecule has 0 aliphatic carbocycles. The monoisotopic (exact) mass is 454 g/mol. The van der Waals surface area contributed by atoms with Crippen LogP contribution in [0.25, 0.3) is 0 Å². The Kier molecular flexibility index (Phi) is 6.32. The summed E-state index contributed by atoms with van der Waals surface area (Å²) in [5.41, 5.74) is 1.46. The van der Waals surface area contributed by atoms with Crippen LogP contribution < -0.4 is 5.32 Å². The Bertz CT molecular complexity index is 1070. The van der Waals surface area contributed by atoms with Gasteiger partial charge >= 0.3 is 5.97 Å². The zero-order valence-electron chi connectivity index (χ0n) is 17.6. The van der Waals surface area contributed by atoms with E-state index in [4.69, 9.17) is 4.74 Å². The van der Waals surface area contributed by atoms with Crippen molar-refractivity contribution in [2.75, 3.05) is 16.8 Å². The highest BCUT2D eigenvalue weighted by Gasteiger charge is 2.32. The van der Waals surface area contributed by atoms with Crippen molar-refractivity contribution in [1.82, 2.24) is 14.8 Å². The Morgan fingerprint density at radius 1 is 1.30 bits per heavy atom. The summed E-state index contributed by atoms with van der Waals surface area (Å²) in [6.07, 6.45) is 0.229. The summed E-state index contributed by atoms with van der Waals surface area (Å²) in [6, 6.07) is 1.41. The lowest BCUT2D eigenvalue weighted by Gasteiger charge is -2.15. The molecule has 0 saturated carbocycles. The topological polar surface area (TPSA) is 120 Å². The maximum Gasteiger partial charge on any atom is 0.350 e. The SMILES string of the molecule is Cc1nc(NC(=O)c2cc(C(C)C)n([C@@H]3CCS(=O)(=O)C3)n2)sc1C(=O)OC(C)C. The van der Waals surface area contributed by atoms with E-state index in [1.807, 2.05) is 13.8 Å². The standard InChI is InChI=1S/C19H26N4O5S2/c1-10(2)15-8-14(22-23(15)13-6-7-30(26,27)9-13)17(24)21-19-20-12(5)16(29-19)18(25)28-11(3)4/h8,10-11,13H,6-7,9H2,1-5H3,(H,20,21,24)/t13-/m1/s1. The zero-order valence-corrected chi connectivity index (χ0v) is 19.3. The van der Waals surface area contributed by atoms with Crippen LogP contribution in [0.4, 0.5) is 5.13 Å². The molecule has 0 aromatic carbocycles. The fourth-order valence-electron chi connectivity index (χ4n) is 3.28. The fraction of sp³-hybridized carbons (Fsp3) is 0.579. The minimum atomic E-state index is -3.08. The molecule has 1 amide bonds. The molecule has 1 saturated heterocycles. The summed E-state index contributed by atoms with van der Waals surface area (Å²) >= 11 is 1.04. The number of esters is 1. The van der Waals surface area contributed by atoms with E-state index < -0.39 is 21.7 Å². The largest absolute Gasteiger partial charge is 0.459 e. The summed E-state index contributed by atoms with van der Waals surface area (Å²) in [6.45, 7) is 9.13. The van der Waals surface area contributed by atoms with E-state index in [0.29, 0.717) is 17.0 Å². The zero-order chi connectivity index (χ0) is 22.2. The minimum Gasteiger partial charge on any atom is -0.459 e. The van der Waals surface area contributed by atoms with E-state index in [-0.39, 0.29) is 40.4 Å². The average molecular weight is 455 g/mol. The van der Waals surface area contributed by atoms with Crippen LogP contribution in [0.3, 0.4) is 0 Å². The highest BCUT2D eigenvalue weighted by atomic mass is 32.2. The molecule has 30 heavy (non-hydrogen) atoms. The van der Waals surface area contributed by atoms with Gasteiger partial charge in [-0.3, -0.25) is 14.8 Å². The van der Waals surface area contributed by atoms with Crippen molar-refractivity contribution in [2.45, 2.75) is 59.1 Å². The predicted molar refractivity (Wildman–Crippen MR) is 114 cm³/mol. The molecule has 2 aromatic heterocycles. The summed E-state index contributed by atoms with van der Waals surface area (Å²) in [4.78, 5) is 29.5. The van der Waals surface area contributed by atoms with Gasteiger partial charge < -0.3 is 4.74 Å². The molecule has 1 aliphatic rings. The third kappa shape index (κ3) is 4.89. The first-order chi connectivity index (χ1) is 14.0. The predicted octanol–water partition coefficient (Wildman–Crippen LogP) is 2.95. The summed E-state index contributed by atoms with van der Waals surface area (Å²) < 4.78 is 30.6. The molecule has 9 nitrogen and oxygen atoms in total. The van der Waals surface area contributed by atoms with E-state index in [9.17, 15) is 18.0 Å². The highest BCUT2D eigenvalue weighted by Crippen LogP contribution is 2.29. The second-order valence-electron chi connectivity index (χ2n) is 7.95. The number of carbonyl (C=O) groups is 2. The first-order valence-corrected chi connectivity index (χ1v) is 12.4. The van der Waals surface area contributed by atoms with Gasteiger partial charge in [-0.05, 0) is 39.2 Å². The Morgan fingerprint density at radius 3 is 2.57 bits per heavy atom. The Labute approximate surface area is 179 Å². The number of amides is 1. The van der Waals surface area contributed by atoms with Crippen molar-refractivity contribution in [3.05, 3.63) is 28.0 Å². The molecule has 0 unspecified atom stereocenters. The summed E-state index contributed by atoms with van der Waals surface area (Å²) in [5, 5.41) is 7.36. The molecule has 0 spiro atoms. The fourth-order valence-corrected chi connectivity index (χ4v) is 5.82. The van der Waals surface area contributed by atoms with E-state index in [1.54, 1.807) is 31.5 Å². The van der Waals surface area contributed by atoms with E-state index in [1.165, 1.54) is 0 Å². The molecule has 0 bridgehead atoms. The van der Waals surface area contributed by atoms with Gasteiger partial charge in [0, 0.05) is 5.69 Å². The normalized spacial score (nSPS) is 18.2. The number of hydrogen-bond acceptors (Lipinski definition) is 8. The van der Waals surface area contributed by atoms with E-state index in [2.05, 4.69) is 15.4 Å². The van der Waals surface area contributed by atoms with Crippen molar-refractivity contribution in [1.29, 1.82) is 0 Å². The molecular weight excluding hydrogens is 428 g/mol. The second-order valence-corrected chi connectivity index (χ2v) is 11.2. The molecule has 2 aromatic rings. The Morgan fingerprint density at radius 2 is 2.00 bits per heavy atom. The van der Waals surface area contributed by atoms with Gasteiger partial charge in [0.2, 0.25) is 0 Å². The summed E-state index contributed by atoms with van der Waals surface area (Å²) in [7, 11) is -3.08. The van der Waals surface area contributed by atoms with Crippen molar-refractivity contribution in [3.63, 3.8) is 0 Å². The highest BCUT2D eigenvalue weighted by molar-refractivity contribution is 7.91. The van der Waals surface area contributed by atoms with Crippen LogP contribution in [0.1, 0.15) is 77.6 Å². The van der Waals surface area contributed by atoms with Crippen molar-refractivity contribution >= 4 is 38.2 Å². The number of rotatable bonds is 6. The van der Waals surface area contributed by atoms with Crippen molar-refractivity contribution in [3.8, 4) is 0 Å². The Hall–Kier alpha value is -2.27. The number of aryl methyl sites for hydroxylation is 1. The lowest BCUT2D eigenvalue weighted by molar-refractivity contribution is 0.0382. The minimum absolute atomic E-state index is 0.0302. The lowest BCUT2D eigenvalue weighted by Crippen LogP contribution is -2.17. The third-order valence-corrected chi connectivity index (χ3v) is 7.49. The molecule has 1 aliphatic heterocycles. The smallest absolute Gasteiger partial charge is 0.350 e. The third-order valence-electron chi connectivity index (χ3n) is 4.69. The molecule has 164 valence electrons. The van der Waals surface area contributed by atoms with E-state index in [0.717, 1.165) is 17.0 Å². The number of sulfone groups is 1. The molecule has 3 rings (SSSR count). The summed E-state index contributed by atoms with van der Waals surface area (Å²) in [5.74, 6) is -0.711. The molecule has 1 N–H and O–H groups in total. The molecule has 1 fully saturated rings. The lowest BCUT2D eigenvalue weighted by atomic mass is 10.1. The molecule has 11 heteroatoms. The van der Waals surface area contributed by atoms with Gasteiger partial charge in [0.25, 0.3) is 5.91 Å². The maximum absolute atomic E-state index is 12.8. The van der Waals surface area contributed by atoms with Gasteiger partial charge in [-0.15, -0.1) is 0 Å². The van der Waals surface area contributed by atoms with E-state index >= 15 is 0 Å². The van der Waals surface area contributed by atoms with Crippen molar-refractivity contribution < 1.29 is 22.7 Å². The second kappa shape index (κ2) is 8.46. The number of thiazole rings is 1. The number of anilines is 1. The van der Waals surface area contributed by atoms with Crippen LogP contribution in [-0.4, -0.2) is 52.7 Å². The van der Waals surface area contributed by atoms with Gasteiger partial charge in [-0.25, -0.2) is 18.2 Å². The van der Waals surface area contributed by atoms with Crippen LogP contribution in [0.5, 0.6) is 0 Å². The van der Waals surface area contributed by atoms with Crippen LogP contribution in [0, 0.1) is 6.92 Å². The number of carbonyl (C=O) groups excluding carboxylic acids is 2. The molecular formula is C19H26N4O5S2. The Balaban J connectivity index is 1.81. The number of aromatic nitrogens is 3. The van der Waals surface area contributed by atoms with Crippen LogP contribution in [-0.2, 0) is 14.6 Å². The van der Waals surface area contributed by atoms with Crippen molar-refractivity contribution in [2.24, 2.45) is 0 Å². The van der Waals surface area contributed by atoms with Gasteiger partial charge in [0.15, 0.2) is 20.7 Å². The van der Waals surface area contributed by atoms with Gasteiger partial charge in [0.05, 0.1) is 29.3 Å². The van der Waals surface area contributed by atoms with Gasteiger partial charge in [-0.1, -0.05) is 25.2 Å². The quantitative estimate of drug-likeness (QED) is 0.666. The number of nitrogens with one attached hydrogen (secondary N) is 1. The first-order valence-electron chi connectivity index (χ1n) is 9.76. The van der Waals surface area contributed by atoms with Crippen LogP contribution in [0.15, 0.2) is 6.07 Å². The number of nitrogens with zero attached hydrogens (tertiary/aromatic N) is 3.